The van der Waals surface area contributed by atoms with Crippen LogP contribution in [0.25, 0.3) is 0 Å². The number of benzene rings is 1. The lowest BCUT2D eigenvalue weighted by Crippen LogP contribution is -2.15. The second-order valence-electron chi connectivity index (χ2n) is 4.37. The van der Waals surface area contributed by atoms with Crippen LogP contribution in [-0.2, 0) is 6.18 Å². The van der Waals surface area contributed by atoms with Gasteiger partial charge in [-0.25, -0.2) is 4.39 Å². The number of hydrogen-bond donors (Lipinski definition) is 0. The maximum Gasteiger partial charge on any atom is 0.419 e. The Morgan fingerprint density at radius 2 is 1.95 bits per heavy atom. The van der Waals surface area contributed by atoms with Crippen LogP contribution in [0.3, 0.4) is 0 Å². The van der Waals surface area contributed by atoms with E-state index in [1.165, 1.54) is 12.3 Å². The van der Waals surface area contributed by atoms with Gasteiger partial charge in [0.1, 0.15) is 5.82 Å². The number of aromatic nitrogens is 1. The number of hydrogen-bond acceptors (Lipinski definition) is 3. The molecule has 0 radical (unpaired) electrons. The highest BCUT2D eigenvalue weighted by Gasteiger charge is 2.35. The van der Waals surface area contributed by atoms with Crippen molar-refractivity contribution in [1.82, 2.24) is 4.98 Å². The fourth-order valence-electron chi connectivity index (χ4n) is 1.87. The fraction of sp³-hybridized carbons (Fsp3) is 0.133. The molecular weight excluding hydrogens is 300 g/mol. The van der Waals surface area contributed by atoms with Gasteiger partial charge in [-0.2, -0.15) is 18.4 Å². The standard InChI is InChI=1S/C15H8F4N2O/c16-12-5-4-9(7-11(12)15(17,18)19)14(22)10(8-20)13-3-1-2-6-21-13/h1-7,10H. The molecule has 0 aliphatic rings. The Balaban J connectivity index is 2.44. The third kappa shape index (κ3) is 3.11. The smallest absolute Gasteiger partial charge is 0.292 e. The summed E-state index contributed by atoms with van der Waals surface area (Å²) >= 11 is 0. The molecule has 1 heterocycles. The first-order valence-corrected chi connectivity index (χ1v) is 6.06. The quantitative estimate of drug-likeness (QED) is 0.641. The molecule has 1 unspecified atom stereocenters. The summed E-state index contributed by atoms with van der Waals surface area (Å²) in [6.45, 7) is 0. The number of carbonyl (C=O) groups is 1. The van der Waals surface area contributed by atoms with Crippen molar-refractivity contribution in [1.29, 1.82) is 5.26 Å². The second kappa shape index (κ2) is 5.93. The van der Waals surface area contributed by atoms with E-state index in [-0.39, 0.29) is 5.69 Å². The Bertz CT molecular complexity index is 735. The first-order chi connectivity index (χ1) is 10.3. The van der Waals surface area contributed by atoms with Gasteiger partial charge in [0.05, 0.1) is 17.3 Å². The van der Waals surface area contributed by atoms with E-state index < -0.39 is 34.8 Å². The summed E-state index contributed by atoms with van der Waals surface area (Å²) in [6.07, 6.45) is -3.56. The van der Waals surface area contributed by atoms with E-state index in [2.05, 4.69) is 4.98 Å². The summed E-state index contributed by atoms with van der Waals surface area (Å²) in [6, 6.07) is 8.12. The van der Waals surface area contributed by atoms with Crippen LogP contribution < -0.4 is 0 Å². The van der Waals surface area contributed by atoms with Crippen molar-refractivity contribution in [2.45, 2.75) is 12.1 Å². The number of rotatable bonds is 3. The van der Waals surface area contributed by atoms with Crippen molar-refractivity contribution < 1.29 is 22.4 Å². The molecule has 1 atom stereocenters. The predicted molar refractivity (Wildman–Crippen MR) is 68.3 cm³/mol. The molecule has 1 aromatic heterocycles. The molecule has 2 aromatic rings. The molecule has 112 valence electrons. The van der Waals surface area contributed by atoms with E-state index >= 15 is 0 Å². The van der Waals surface area contributed by atoms with Crippen LogP contribution in [0.4, 0.5) is 17.6 Å². The average Bonchev–Trinajstić information content (AvgIpc) is 2.48. The minimum absolute atomic E-state index is 0.118. The molecule has 3 nitrogen and oxygen atoms in total. The normalized spacial score (nSPS) is 12.5. The highest BCUT2D eigenvalue weighted by atomic mass is 19.4. The van der Waals surface area contributed by atoms with Crippen LogP contribution in [-0.4, -0.2) is 10.8 Å². The zero-order valence-electron chi connectivity index (χ0n) is 10.9. The summed E-state index contributed by atoms with van der Waals surface area (Å²) in [5.41, 5.74) is -1.82. The summed E-state index contributed by atoms with van der Waals surface area (Å²) in [5.74, 6) is -3.70. The average molecular weight is 308 g/mol. The Hall–Kier alpha value is -2.75. The molecule has 0 spiro atoms. The Kier molecular flexibility index (Phi) is 4.22. The van der Waals surface area contributed by atoms with Gasteiger partial charge in [0.15, 0.2) is 11.7 Å². The summed E-state index contributed by atoms with van der Waals surface area (Å²) in [7, 11) is 0. The third-order valence-corrected chi connectivity index (χ3v) is 2.93. The second-order valence-corrected chi connectivity index (χ2v) is 4.37. The van der Waals surface area contributed by atoms with Gasteiger partial charge in [-0.1, -0.05) is 6.07 Å². The van der Waals surface area contributed by atoms with E-state index in [4.69, 9.17) is 5.26 Å². The topological polar surface area (TPSA) is 53.8 Å². The van der Waals surface area contributed by atoms with E-state index in [0.717, 1.165) is 6.07 Å². The number of pyridine rings is 1. The molecule has 0 saturated carbocycles. The molecule has 0 saturated heterocycles. The molecule has 0 bridgehead atoms. The molecule has 0 fully saturated rings. The van der Waals surface area contributed by atoms with Crippen LogP contribution in [0.2, 0.25) is 0 Å². The van der Waals surface area contributed by atoms with E-state index in [0.29, 0.717) is 12.1 Å². The lowest BCUT2D eigenvalue weighted by Gasteiger charge is -2.11. The number of nitriles is 1. The van der Waals surface area contributed by atoms with Crippen molar-refractivity contribution in [3.8, 4) is 6.07 Å². The lowest BCUT2D eigenvalue weighted by molar-refractivity contribution is -0.140. The fourth-order valence-corrected chi connectivity index (χ4v) is 1.87. The maximum atomic E-state index is 13.2. The Morgan fingerprint density at radius 3 is 2.50 bits per heavy atom. The van der Waals surface area contributed by atoms with Crippen molar-refractivity contribution in [2.24, 2.45) is 0 Å². The maximum absolute atomic E-state index is 13.2. The number of alkyl halides is 3. The van der Waals surface area contributed by atoms with E-state index in [1.807, 2.05) is 0 Å². The summed E-state index contributed by atoms with van der Waals surface area (Å²) in [5, 5.41) is 9.09. The predicted octanol–water partition coefficient (Wildman–Crippen LogP) is 3.73. The molecule has 7 heteroatoms. The van der Waals surface area contributed by atoms with Crippen molar-refractivity contribution in [3.63, 3.8) is 0 Å². The Morgan fingerprint density at radius 1 is 1.23 bits per heavy atom. The highest BCUT2D eigenvalue weighted by Crippen LogP contribution is 2.32. The van der Waals surface area contributed by atoms with Gasteiger partial charge in [0, 0.05) is 11.8 Å². The SMILES string of the molecule is N#CC(C(=O)c1ccc(F)c(C(F)(F)F)c1)c1ccccn1. The van der Waals surface area contributed by atoms with Gasteiger partial charge < -0.3 is 0 Å². The van der Waals surface area contributed by atoms with Gasteiger partial charge in [-0.3, -0.25) is 9.78 Å². The number of ketones is 1. The monoisotopic (exact) mass is 308 g/mol. The minimum atomic E-state index is -4.92. The van der Waals surface area contributed by atoms with Crippen LogP contribution in [0.5, 0.6) is 0 Å². The van der Waals surface area contributed by atoms with E-state index in [9.17, 15) is 22.4 Å². The van der Waals surface area contributed by atoms with Crippen molar-refractivity contribution in [3.05, 3.63) is 65.2 Å². The molecule has 22 heavy (non-hydrogen) atoms. The minimum Gasteiger partial charge on any atom is -0.292 e. The lowest BCUT2D eigenvalue weighted by atomic mass is 9.94. The zero-order valence-corrected chi connectivity index (χ0v) is 10.9. The van der Waals surface area contributed by atoms with Crippen molar-refractivity contribution >= 4 is 5.78 Å². The molecule has 0 amide bonds. The zero-order chi connectivity index (χ0) is 16.3. The first-order valence-electron chi connectivity index (χ1n) is 6.06. The third-order valence-electron chi connectivity index (χ3n) is 2.93. The number of carbonyl (C=O) groups excluding carboxylic acids is 1. The highest BCUT2D eigenvalue weighted by molar-refractivity contribution is 6.02. The number of nitrogens with zero attached hydrogens (tertiary/aromatic N) is 2. The van der Waals surface area contributed by atoms with Crippen molar-refractivity contribution in [2.75, 3.05) is 0 Å². The van der Waals surface area contributed by atoms with Gasteiger partial charge >= 0.3 is 6.18 Å². The van der Waals surface area contributed by atoms with Crippen LogP contribution in [0, 0.1) is 17.1 Å². The molecular formula is C15H8F4N2O. The van der Waals surface area contributed by atoms with Gasteiger partial charge in [-0.15, -0.1) is 0 Å². The van der Waals surface area contributed by atoms with Gasteiger partial charge in [0.25, 0.3) is 0 Å². The largest absolute Gasteiger partial charge is 0.419 e. The summed E-state index contributed by atoms with van der Waals surface area (Å²) < 4.78 is 51.2. The molecule has 0 N–H and O–H groups in total. The van der Waals surface area contributed by atoms with Gasteiger partial charge in [0.2, 0.25) is 0 Å². The summed E-state index contributed by atoms with van der Waals surface area (Å²) in [4.78, 5) is 16.1. The van der Waals surface area contributed by atoms with Gasteiger partial charge in [-0.05, 0) is 30.3 Å². The number of Topliss-reactive ketones (excluding diaryl/α,β-unsaturated/α-hetero) is 1. The molecule has 2 rings (SSSR count). The molecule has 1 aromatic carbocycles. The number of halogens is 4. The van der Waals surface area contributed by atoms with E-state index in [1.54, 1.807) is 18.2 Å². The van der Waals surface area contributed by atoms with Crippen LogP contribution >= 0.6 is 0 Å². The first kappa shape index (κ1) is 15.6. The molecule has 0 aliphatic carbocycles. The van der Waals surface area contributed by atoms with Crippen LogP contribution in [0.1, 0.15) is 27.5 Å². The molecule has 0 aliphatic heterocycles. The van der Waals surface area contributed by atoms with Crippen LogP contribution in [0.15, 0.2) is 42.6 Å². The Labute approximate surface area is 122 Å².